The predicted octanol–water partition coefficient (Wildman–Crippen LogP) is 3.64. The molecule has 0 unspecified atom stereocenters. The van der Waals surface area contributed by atoms with Crippen molar-refractivity contribution in [2.45, 2.75) is 25.4 Å². The molecule has 4 rings (SSSR count). The van der Waals surface area contributed by atoms with Gasteiger partial charge in [-0.1, -0.05) is 30.3 Å². The van der Waals surface area contributed by atoms with Gasteiger partial charge in [0.1, 0.15) is 24.4 Å². The van der Waals surface area contributed by atoms with Crippen molar-refractivity contribution < 1.29 is 18.3 Å². The van der Waals surface area contributed by atoms with Crippen LogP contribution in [0.15, 0.2) is 53.3 Å². The van der Waals surface area contributed by atoms with Crippen LogP contribution >= 0.6 is 0 Å². The number of aromatic amines is 1. The normalized spacial score (nSPS) is 16.3. The zero-order valence-corrected chi connectivity index (χ0v) is 14.9. The van der Waals surface area contributed by atoms with Gasteiger partial charge in [-0.05, 0) is 24.9 Å². The minimum atomic E-state index is -0.288. The third-order valence-electron chi connectivity index (χ3n) is 4.25. The minimum absolute atomic E-state index is 0.288. The van der Waals surface area contributed by atoms with Crippen LogP contribution in [0.3, 0.4) is 0 Å². The van der Waals surface area contributed by atoms with E-state index in [1.165, 1.54) is 12.3 Å². The first-order chi connectivity index (χ1) is 13.3. The van der Waals surface area contributed by atoms with Gasteiger partial charge in [0.2, 0.25) is 0 Å². The van der Waals surface area contributed by atoms with E-state index in [4.69, 9.17) is 4.42 Å². The van der Waals surface area contributed by atoms with Crippen LogP contribution in [0.4, 0.5) is 4.39 Å². The van der Waals surface area contributed by atoms with Crippen LogP contribution < -0.4 is 5.32 Å². The van der Waals surface area contributed by atoms with Crippen LogP contribution in [0.2, 0.25) is 0 Å². The number of aromatic nitrogens is 2. The number of halogens is 1. The third-order valence-corrected chi connectivity index (χ3v) is 4.25. The summed E-state index contributed by atoms with van der Waals surface area (Å²) in [5, 5.41) is 3.32. The quantitative estimate of drug-likeness (QED) is 0.670. The Morgan fingerprint density at radius 3 is 2.85 bits per heavy atom. The van der Waals surface area contributed by atoms with Gasteiger partial charge in [0.25, 0.3) is 6.47 Å². The Morgan fingerprint density at radius 1 is 1.33 bits per heavy atom. The second-order valence-electron chi connectivity index (χ2n) is 6.24. The number of nitrogens with zero attached hydrogens (tertiary/aromatic N) is 1. The Hall–Kier alpha value is -2.93. The summed E-state index contributed by atoms with van der Waals surface area (Å²) in [4.78, 5) is 17.0. The molecular formula is C20H22FN3O3. The van der Waals surface area contributed by atoms with Crippen molar-refractivity contribution in [3.05, 3.63) is 66.1 Å². The lowest BCUT2D eigenvalue weighted by atomic mass is 10.00. The SMILES string of the molecule is Fc1c[nH]c(-c2coc([C@H]3CCCNC3)n2)c1.O=COCc1ccccc1. The average molecular weight is 371 g/mol. The Bertz CT molecular complexity index is 826. The molecule has 0 amide bonds. The Balaban J connectivity index is 0.000000180. The molecule has 7 heteroatoms. The van der Waals surface area contributed by atoms with Gasteiger partial charge >= 0.3 is 0 Å². The third kappa shape index (κ3) is 5.52. The maximum absolute atomic E-state index is 12.9. The van der Waals surface area contributed by atoms with Gasteiger partial charge in [0.05, 0.1) is 5.69 Å². The van der Waals surface area contributed by atoms with Gasteiger partial charge in [-0.2, -0.15) is 0 Å². The number of hydrogen-bond acceptors (Lipinski definition) is 5. The molecule has 2 N–H and O–H groups in total. The number of nitrogens with one attached hydrogen (secondary N) is 2. The molecule has 0 radical (unpaired) electrons. The van der Waals surface area contributed by atoms with Gasteiger partial charge in [0.15, 0.2) is 5.89 Å². The molecule has 2 aromatic heterocycles. The first-order valence-electron chi connectivity index (χ1n) is 8.86. The molecule has 1 aliphatic rings. The zero-order valence-electron chi connectivity index (χ0n) is 14.9. The molecule has 1 saturated heterocycles. The Morgan fingerprint density at radius 2 is 2.19 bits per heavy atom. The van der Waals surface area contributed by atoms with Crippen molar-refractivity contribution in [1.82, 2.24) is 15.3 Å². The monoisotopic (exact) mass is 371 g/mol. The maximum Gasteiger partial charge on any atom is 0.293 e. The summed E-state index contributed by atoms with van der Waals surface area (Å²) >= 11 is 0. The first kappa shape index (κ1) is 18.8. The van der Waals surface area contributed by atoms with E-state index in [0.29, 0.717) is 30.4 Å². The van der Waals surface area contributed by atoms with Crippen molar-refractivity contribution in [3.8, 4) is 11.4 Å². The van der Waals surface area contributed by atoms with E-state index in [-0.39, 0.29) is 5.82 Å². The van der Waals surface area contributed by atoms with E-state index < -0.39 is 0 Å². The fourth-order valence-electron chi connectivity index (χ4n) is 2.88. The van der Waals surface area contributed by atoms with Gasteiger partial charge in [-0.3, -0.25) is 4.79 Å². The highest BCUT2D eigenvalue weighted by Crippen LogP contribution is 2.25. The van der Waals surface area contributed by atoms with Crippen LogP contribution in [0, 0.1) is 5.82 Å². The Labute approximate surface area is 156 Å². The molecule has 3 aromatic rings. The molecule has 1 aromatic carbocycles. The van der Waals surface area contributed by atoms with Crippen LogP contribution in [-0.2, 0) is 16.1 Å². The van der Waals surface area contributed by atoms with Gasteiger partial charge in [-0.15, -0.1) is 0 Å². The highest BCUT2D eigenvalue weighted by Gasteiger charge is 2.20. The van der Waals surface area contributed by atoms with Crippen LogP contribution in [0.5, 0.6) is 0 Å². The first-order valence-corrected chi connectivity index (χ1v) is 8.86. The van der Waals surface area contributed by atoms with Gasteiger partial charge < -0.3 is 19.5 Å². The van der Waals surface area contributed by atoms with E-state index in [2.05, 4.69) is 20.0 Å². The summed E-state index contributed by atoms with van der Waals surface area (Å²) in [5.41, 5.74) is 2.32. The molecule has 1 fully saturated rings. The highest BCUT2D eigenvalue weighted by molar-refractivity contribution is 5.52. The number of carbonyl (C=O) groups is 1. The topological polar surface area (TPSA) is 80.2 Å². The summed E-state index contributed by atoms with van der Waals surface area (Å²) in [7, 11) is 0. The number of H-pyrrole nitrogens is 1. The summed E-state index contributed by atoms with van der Waals surface area (Å²) in [5.74, 6) is 0.781. The molecule has 1 atom stereocenters. The molecule has 6 nitrogen and oxygen atoms in total. The number of piperidine rings is 1. The molecule has 27 heavy (non-hydrogen) atoms. The summed E-state index contributed by atoms with van der Waals surface area (Å²) in [6, 6.07) is 11.0. The summed E-state index contributed by atoms with van der Waals surface area (Å²) in [6.07, 6.45) is 5.12. The molecule has 142 valence electrons. The molecule has 0 saturated carbocycles. The molecule has 0 aliphatic carbocycles. The van der Waals surface area contributed by atoms with E-state index in [0.717, 1.165) is 37.4 Å². The maximum atomic E-state index is 12.9. The zero-order chi connectivity index (χ0) is 18.9. The smallest absolute Gasteiger partial charge is 0.293 e. The minimum Gasteiger partial charge on any atom is -0.463 e. The molecule has 0 bridgehead atoms. The van der Waals surface area contributed by atoms with Crippen molar-refractivity contribution >= 4 is 6.47 Å². The number of hydrogen-bond donors (Lipinski definition) is 2. The molecular weight excluding hydrogens is 349 g/mol. The van der Waals surface area contributed by atoms with E-state index in [1.807, 2.05) is 30.3 Å². The molecule has 3 heterocycles. The van der Waals surface area contributed by atoms with Crippen molar-refractivity contribution in [2.75, 3.05) is 13.1 Å². The number of rotatable bonds is 5. The molecule has 1 aliphatic heterocycles. The van der Waals surface area contributed by atoms with Crippen LogP contribution in [-0.4, -0.2) is 29.5 Å². The lowest BCUT2D eigenvalue weighted by molar-refractivity contribution is -0.129. The number of oxazole rings is 1. The van der Waals surface area contributed by atoms with E-state index in [1.54, 1.807) is 6.26 Å². The van der Waals surface area contributed by atoms with Crippen molar-refractivity contribution in [1.29, 1.82) is 0 Å². The van der Waals surface area contributed by atoms with Gasteiger partial charge in [0, 0.05) is 24.7 Å². The highest BCUT2D eigenvalue weighted by atomic mass is 19.1. The summed E-state index contributed by atoms with van der Waals surface area (Å²) < 4.78 is 22.9. The largest absolute Gasteiger partial charge is 0.463 e. The number of carbonyl (C=O) groups excluding carboxylic acids is 1. The number of ether oxygens (including phenoxy) is 1. The average Bonchev–Trinajstić information content (AvgIpc) is 3.37. The standard InChI is InChI=1S/C12H14FN3O.C8H8O2/c13-9-4-10(15-6-9)11-7-17-12(16-11)8-2-1-3-14-5-8;9-7-10-6-8-4-2-1-3-5-8/h4,6-8,14-15H,1-3,5H2;1-5,7H,6H2/t8-;/m0./s1. The fraction of sp³-hybridized carbons (Fsp3) is 0.300. The second-order valence-corrected chi connectivity index (χ2v) is 6.24. The Kier molecular flexibility index (Phi) is 6.76. The van der Waals surface area contributed by atoms with Crippen molar-refractivity contribution in [3.63, 3.8) is 0 Å². The van der Waals surface area contributed by atoms with Gasteiger partial charge in [-0.25, -0.2) is 9.37 Å². The predicted molar refractivity (Wildman–Crippen MR) is 98.4 cm³/mol. The second kappa shape index (κ2) is 9.68. The number of benzene rings is 1. The lowest BCUT2D eigenvalue weighted by Gasteiger charge is -2.19. The van der Waals surface area contributed by atoms with Crippen LogP contribution in [0.25, 0.3) is 11.4 Å². The van der Waals surface area contributed by atoms with Crippen LogP contribution in [0.1, 0.15) is 30.2 Å². The van der Waals surface area contributed by atoms with E-state index >= 15 is 0 Å². The lowest BCUT2D eigenvalue weighted by Crippen LogP contribution is -2.28. The molecule has 0 spiro atoms. The summed E-state index contributed by atoms with van der Waals surface area (Å²) in [6.45, 7) is 2.78. The van der Waals surface area contributed by atoms with E-state index in [9.17, 15) is 9.18 Å². The fourth-order valence-corrected chi connectivity index (χ4v) is 2.88. The van der Waals surface area contributed by atoms with Crippen molar-refractivity contribution in [2.24, 2.45) is 0 Å².